The molecule has 0 bridgehead atoms. The van der Waals surface area contributed by atoms with Crippen LogP contribution in [0.2, 0.25) is 0 Å². The molecule has 0 N–H and O–H groups in total. The van der Waals surface area contributed by atoms with E-state index in [9.17, 15) is 5.26 Å². The second-order valence-electron chi connectivity index (χ2n) is 5.22. The van der Waals surface area contributed by atoms with Gasteiger partial charge in [-0.25, -0.2) is 4.98 Å². The summed E-state index contributed by atoms with van der Waals surface area (Å²) in [4.78, 5) is 4.57. The Morgan fingerprint density at radius 1 is 1.25 bits per heavy atom. The van der Waals surface area contributed by atoms with Crippen LogP contribution in [0, 0.1) is 18.3 Å². The van der Waals surface area contributed by atoms with Crippen LogP contribution >= 0.6 is 11.3 Å². The molecule has 0 atom stereocenters. The van der Waals surface area contributed by atoms with Crippen LogP contribution < -0.4 is 9.47 Å². The number of thiazole rings is 1. The molecule has 1 aromatic carbocycles. The van der Waals surface area contributed by atoms with Crippen molar-refractivity contribution in [2.75, 3.05) is 6.79 Å². The summed E-state index contributed by atoms with van der Waals surface area (Å²) >= 11 is 1.42. The summed E-state index contributed by atoms with van der Waals surface area (Å²) in [5, 5.41) is 12.0. The van der Waals surface area contributed by atoms with E-state index in [-0.39, 0.29) is 6.79 Å². The summed E-state index contributed by atoms with van der Waals surface area (Å²) in [6.45, 7) is 2.11. The van der Waals surface area contributed by atoms with Crippen LogP contribution in [0.25, 0.3) is 22.9 Å². The predicted octanol–water partition coefficient (Wildman–Crippen LogP) is 4.50. The molecule has 2 aromatic heterocycles. The minimum Gasteiger partial charge on any atom is -0.462 e. The van der Waals surface area contributed by atoms with Gasteiger partial charge in [0.15, 0.2) is 11.5 Å². The maximum absolute atomic E-state index is 9.42. The van der Waals surface area contributed by atoms with E-state index < -0.39 is 0 Å². The van der Waals surface area contributed by atoms with E-state index in [0.717, 1.165) is 22.8 Å². The van der Waals surface area contributed by atoms with Gasteiger partial charge in [-0.3, -0.25) is 0 Å². The first kappa shape index (κ1) is 14.5. The van der Waals surface area contributed by atoms with Gasteiger partial charge in [-0.05, 0) is 37.3 Å². The predicted molar refractivity (Wildman–Crippen MR) is 90.6 cm³/mol. The molecule has 1 aliphatic heterocycles. The van der Waals surface area contributed by atoms with Crippen LogP contribution in [0.1, 0.15) is 16.5 Å². The Morgan fingerprint density at radius 3 is 2.92 bits per heavy atom. The van der Waals surface area contributed by atoms with E-state index in [1.165, 1.54) is 11.3 Å². The molecule has 5 nitrogen and oxygen atoms in total. The van der Waals surface area contributed by atoms with Crippen molar-refractivity contribution in [2.24, 2.45) is 0 Å². The van der Waals surface area contributed by atoms with Crippen molar-refractivity contribution < 1.29 is 13.9 Å². The number of hydrogen-bond donors (Lipinski definition) is 0. The molecule has 4 rings (SSSR count). The van der Waals surface area contributed by atoms with E-state index in [4.69, 9.17) is 13.9 Å². The molecule has 0 fully saturated rings. The van der Waals surface area contributed by atoms with Gasteiger partial charge in [-0.15, -0.1) is 11.3 Å². The number of nitrogens with zero attached hydrogens (tertiary/aromatic N) is 2. The van der Waals surface area contributed by atoms with Gasteiger partial charge in [0.1, 0.15) is 22.6 Å². The van der Waals surface area contributed by atoms with Gasteiger partial charge < -0.3 is 13.9 Å². The van der Waals surface area contributed by atoms with Gasteiger partial charge in [0.05, 0.1) is 11.3 Å². The molecule has 0 saturated carbocycles. The van der Waals surface area contributed by atoms with Crippen LogP contribution in [-0.2, 0) is 0 Å². The second-order valence-corrected chi connectivity index (χ2v) is 6.08. The minimum atomic E-state index is 0.241. The molecule has 3 heterocycles. The van der Waals surface area contributed by atoms with Crippen molar-refractivity contribution in [2.45, 2.75) is 6.92 Å². The quantitative estimate of drug-likeness (QED) is 0.659. The van der Waals surface area contributed by atoms with E-state index in [1.807, 2.05) is 42.6 Å². The zero-order valence-electron chi connectivity index (χ0n) is 12.8. The summed E-state index contributed by atoms with van der Waals surface area (Å²) in [6, 6.07) is 11.6. The number of allylic oxidation sites excluding steroid dienone is 1. The lowest BCUT2D eigenvalue weighted by Crippen LogP contribution is -1.92. The smallest absolute Gasteiger partial charge is 0.231 e. The van der Waals surface area contributed by atoms with Gasteiger partial charge >= 0.3 is 0 Å². The summed E-state index contributed by atoms with van der Waals surface area (Å²) in [7, 11) is 0. The number of ether oxygens (including phenoxy) is 2. The molecular formula is C18H12N2O3S. The van der Waals surface area contributed by atoms with Crippen LogP contribution in [0.5, 0.6) is 11.5 Å². The molecule has 0 aliphatic carbocycles. The average molecular weight is 336 g/mol. The maximum atomic E-state index is 9.42. The largest absolute Gasteiger partial charge is 0.462 e. The molecule has 118 valence electrons. The number of hydrogen-bond acceptors (Lipinski definition) is 6. The minimum absolute atomic E-state index is 0.241. The SMILES string of the molecule is Cc1ccc(/C=C(\C#N)c2nc(-c3ccc4c(c3)OCO4)cs2)o1. The number of aryl methyl sites for hydroxylation is 1. The Hall–Kier alpha value is -3.04. The summed E-state index contributed by atoms with van der Waals surface area (Å²) in [5.74, 6) is 2.90. The van der Waals surface area contributed by atoms with Crippen molar-refractivity contribution >= 4 is 23.0 Å². The van der Waals surface area contributed by atoms with Crippen LogP contribution in [0.15, 0.2) is 40.1 Å². The van der Waals surface area contributed by atoms with Crippen molar-refractivity contribution in [3.63, 3.8) is 0 Å². The average Bonchev–Trinajstić information content (AvgIpc) is 3.32. The molecule has 0 saturated heterocycles. The number of fused-ring (bicyclic) bond motifs is 1. The maximum Gasteiger partial charge on any atom is 0.231 e. The van der Waals surface area contributed by atoms with Crippen molar-refractivity contribution in [1.82, 2.24) is 4.98 Å². The van der Waals surface area contributed by atoms with Gasteiger partial charge in [0.2, 0.25) is 6.79 Å². The highest BCUT2D eigenvalue weighted by molar-refractivity contribution is 7.11. The van der Waals surface area contributed by atoms with E-state index >= 15 is 0 Å². The van der Waals surface area contributed by atoms with Gasteiger partial charge in [-0.1, -0.05) is 0 Å². The van der Waals surface area contributed by atoms with E-state index in [2.05, 4.69) is 11.1 Å². The number of aromatic nitrogens is 1. The van der Waals surface area contributed by atoms with Gasteiger partial charge in [-0.2, -0.15) is 5.26 Å². The highest BCUT2D eigenvalue weighted by Crippen LogP contribution is 2.36. The third kappa shape index (κ3) is 2.66. The number of rotatable bonds is 3. The Kier molecular flexibility index (Phi) is 3.56. The van der Waals surface area contributed by atoms with Crippen molar-refractivity contribution in [3.8, 4) is 28.8 Å². The third-order valence-corrected chi connectivity index (χ3v) is 4.45. The lowest BCUT2D eigenvalue weighted by Gasteiger charge is -1.99. The van der Waals surface area contributed by atoms with Gasteiger partial charge in [0.25, 0.3) is 0 Å². The molecule has 0 unspecified atom stereocenters. The Morgan fingerprint density at radius 2 is 2.12 bits per heavy atom. The molecule has 6 heteroatoms. The molecule has 1 aliphatic rings. The monoisotopic (exact) mass is 336 g/mol. The van der Waals surface area contributed by atoms with Crippen LogP contribution in [0.4, 0.5) is 0 Å². The normalized spacial score (nSPS) is 13.1. The highest BCUT2D eigenvalue weighted by atomic mass is 32.1. The van der Waals surface area contributed by atoms with E-state index in [1.54, 1.807) is 6.08 Å². The highest BCUT2D eigenvalue weighted by Gasteiger charge is 2.16. The molecular weight excluding hydrogens is 324 g/mol. The zero-order chi connectivity index (χ0) is 16.5. The fraction of sp³-hybridized carbons (Fsp3) is 0.111. The first-order chi connectivity index (χ1) is 11.7. The van der Waals surface area contributed by atoms with Gasteiger partial charge in [0, 0.05) is 17.0 Å². The standard InChI is InChI=1S/C18H12N2O3S/c1-11-2-4-14(23-11)6-13(8-19)18-20-15(9-24-18)12-3-5-16-17(7-12)22-10-21-16/h2-7,9H,10H2,1H3/b13-6+. The van der Waals surface area contributed by atoms with Crippen molar-refractivity contribution in [1.29, 1.82) is 5.26 Å². The summed E-state index contributed by atoms with van der Waals surface area (Å²) in [5.41, 5.74) is 2.19. The first-order valence-electron chi connectivity index (χ1n) is 7.27. The molecule has 3 aromatic rings. The molecule has 24 heavy (non-hydrogen) atoms. The zero-order valence-corrected chi connectivity index (χ0v) is 13.6. The fourth-order valence-electron chi connectivity index (χ4n) is 2.40. The molecule has 0 radical (unpaired) electrons. The molecule has 0 spiro atoms. The topological polar surface area (TPSA) is 68.3 Å². The number of benzene rings is 1. The lowest BCUT2D eigenvalue weighted by molar-refractivity contribution is 0.174. The lowest BCUT2D eigenvalue weighted by atomic mass is 10.1. The Labute approximate surface area is 142 Å². The second kappa shape index (κ2) is 5.87. The Balaban J connectivity index is 1.66. The Bertz CT molecular complexity index is 978. The number of furan rings is 1. The number of nitriles is 1. The van der Waals surface area contributed by atoms with Crippen LogP contribution in [0.3, 0.4) is 0 Å². The van der Waals surface area contributed by atoms with E-state index in [0.29, 0.717) is 22.1 Å². The fourth-order valence-corrected chi connectivity index (χ4v) is 3.20. The third-order valence-electron chi connectivity index (χ3n) is 3.57. The van der Waals surface area contributed by atoms with Crippen molar-refractivity contribution in [3.05, 3.63) is 52.2 Å². The summed E-state index contributed by atoms with van der Waals surface area (Å²) in [6.07, 6.45) is 1.70. The first-order valence-corrected chi connectivity index (χ1v) is 8.15. The van der Waals surface area contributed by atoms with Crippen LogP contribution in [-0.4, -0.2) is 11.8 Å². The summed E-state index contributed by atoms with van der Waals surface area (Å²) < 4.78 is 16.2. The molecule has 0 amide bonds.